The van der Waals surface area contributed by atoms with E-state index in [1.807, 2.05) is 6.92 Å². The number of aliphatic imine (C=N–C) groups is 1. The molecule has 0 radical (unpaired) electrons. The second-order valence-electron chi connectivity index (χ2n) is 6.61. The average molecular weight is 355 g/mol. The van der Waals surface area contributed by atoms with Gasteiger partial charge in [0.05, 0.1) is 0 Å². The Bertz CT molecular complexity index is 775. The van der Waals surface area contributed by atoms with Crippen LogP contribution in [0, 0.1) is 0 Å². The molecular formula is C20H29N5O. The number of hydrogen-bond acceptors (Lipinski definition) is 2. The molecule has 0 unspecified atom stereocenters. The van der Waals surface area contributed by atoms with Gasteiger partial charge in [0.25, 0.3) is 0 Å². The fourth-order valence-electron chi connectivity index (χ4n) is 2.49. The molecule has 26 heavy (non-hydrogen) atoms. The first-order chi connectivity index (χ1) is 12.5. The Hall–Kier alpha value is -2.76. The summed E-state index contributed by atoms with van der Waals surface area (Å²) >= 11 is 0. The number of carbonyl (C=O) groups excluding carboxylic acids is 1. The third kappa shape index (κ3) is 5.95. The summed E-state index contributed by atoms with van der Waals surface area (Å²) in [6.45, 7) is 8.28. The standard InChI is InChI=1S/C20H29N5O/c1-16(2)14-22-20(23-15-19(26)24(3)4)21-11-7-12-25-13-10-17-8-5-6-9-18(17)25/h5-6,8-10,13H,1,7,11-12,14-15H2,2-4H3,(H2,21,22,23). The Kier molecular flexibility index (Phi) is 7.26. The molecule has 1 amide bonds. The van der Waals surface area contributed by atoms with Crippen LogP contribution in [0.4, 0.5) is 0 Å². The van der Waals surface area contributed by atoms with Gasteiger partial charge in [-0.2, -0.15) is 0 Å². The van der Waals surface area contributed by atoms with Gasteiger partial charge in [0, 0.05) is 45.4 Å². The molecule has 0 atom stereocenters. The zero-order valence-corrected chi connectivity index (χ0v) is 16.0. The summed E-state index contributed by atoms with van der Waals surface area (Å²) in [5.41, 5.74) is 2.26. The molecule has 2 aromatic rings. The van der Waals surface area contributed by atoms with Crippen molar-refractivity contribution < 1.29 is 4.79 Å². The number of carbonyl (C=O) groups is 1. The summed E-state index contributed by atoms with van der Waals surface area (Å²) in [7, 11) is 3.46. The van der Waals surface area contributed by atoms with Gasteiger partial charge in [-0.15, -0.1) is 0 Å². The minimum Gasteiger partial charge on any atom is -0.356 e. The second kappa shape index (κ2) is 9.65. The lowest BCUT2D eigenvalue weighted by Crippen LogP contribution is -2.39. The van der Waals surface area contributed by atoms with Gasteiger partial charge >= 0.3 is 0 Å². The van der Waals surface area contributed by atoms with E-state index >= 15 is 0 Å². The Balaban J connectivity index is 1.86. The normalized spacial score (nSPS) is 11.4. The molecule has 0 bridgehead atoms. The summed E-state index contributed by atoms with van der Waals surface area (Å²) in [6, 6.07) is 10.5. The predicted octanol–water partition coefficient (Wildman–Crippen LogP) is 2.23. The quantitative estimate of drug-likeness (QED) is 0.330. The van der Waals surface area contributed by atoms with Crippen molar-refractivity contribution in [3.63, 3.8) is 0 Å². The van der Waals surface area contributed by atoms with Crippen LogP contribution in [-0.2, 0) is 11.3 Å². The Morgan fingerprint density at radius 2 is 2.00 bits per heavy atom. The van der Waals surface area contributed by atoms with Crippen molar-refractivity contribution in [1.29, 1.82) is 0 Å². The van der Waals surface area contributed by atoms with Crippen LogP contribution < -0.4 is 10.6 Å². The van der Waals surface area contributed by atoms with Crippen LogP contribution in [0.15, 0.2) is 53.7 Å². The van der Waals surface area contributed by atoms with Gasteiger partial charge in [-0.1, -0.05) is 30.4 Å². The number of nitrogens with zero attached hydrogens (tertiary/aromatic N) is 3. The topological polar surface area (TPSA) is 61.7 Å². The van der Waals surface area contributed by atoms with Crippen LogP contribution in [0.5, 0.6) is 0 Å². The van der Waals surface area contributed by atoms with Crippen molar-refractivity contribution in [1.82, 2.24) is 20.1 Å². The molecule has 0 aliphatic rings. The van der Waals surface area contributed by atoms with Crippen molar-refractivity contribution in [3.8, 4) is 0 Å². The smallest absolute Gasteiger partial charge is 0.243 e. The Morgan fingerprint density at radius 1 is 1.23 bits per heavy atom. The Morgan fingerprint density at radius 3 is 2.73 bits per heavy atom. The third-order valence-corrected chi connectivity index (χ3v) is 3.98. The first-order valence-electron chi connectivity index (χ1n) is 8.88. The lowest BCUT2D eigenvalue weighted by atomic mass is 10.2. The summed E-state index contributed by atoms with van der Waals surface area (Å²) in [5.74, 6) is 0.612. The van der Waals surface area contributed by atoms with Crippen LogP contribution in [0.25, 0.3) is 10.9 Å². The second-order valence-corrected chi connectivity index (χ2v) is 6.61. The highest BCUT2D eigenvalue weighted by atomic mass is 16.2. The number of para-hydroxylation sites is 1. The van der Waals surface area contributed by atoms with Crippen LogP contribution in [0.3, 0.4) is 0 Å². The zero-order valence-electron chi connectivity index (χ0n) is 16.0. The van der Waals surface area contributed by atoms with Gasteiger partial charge in [0.1, 0.15) is 6.54 Å². The molecule has 2 rings (SSSR count). The van der Waals surface area contributed by atoms with Crippen molar-refractivity contribution in [3.05, 3.63) is 48.7 Å². The molecule has 0 spiro atoms. The summed E-state index contributed by atoms with van der Waals surface area (Å²) in [4.78, 5) is 17.6. The van der Waals surface area contributed by atoms with E-state index in [9.17, 15) is 4.79 Å². The first-order valence-corrected chi connectivity index (χ1v) is 8.88. The molecule has 1 aromatic heterocycles. The number of amides is 1. The predicted molar refractivity (Wildman–Crippen MR) is 108 cm³/mol. The highest BCUT2D eigenvalue weighted by molar-refractivity contribution is 5.84. The third-order valence-electron chi connectivity index (χ3n) is 3.98. The number of aromatic nitrogens is 1. The SMILES string of the molecule is C=C(C)CNC(=NCC(=O)N(C)C)NCCCn1ccc2ccccc21. The van der Waals surface area contributed by atoms with E-state index in [1.54, 1.807) is 14.1 Å². The van der Waals surface area contributed by atoms with Crippen LogP contribution in [-0.4, -0.2) is 55.1 Å². The van der Waals surface area contributed by atoms with Crippen LogP contribution in [0.1, 0.15) is 13.3 Å². The number of rotatable bonds is 8. The number of nitrogens with one attached hydrogen (secondary N) is 2. The zero-order chi connectivity index (χ0) is 18.9. The summed E-state index contributed by atoms with van der Waals surface area (Å²) < 4.78 is 2.25. The van der Waals surface area contributed by atoms with Crippen molar-refractivity contribution in [2.24, 2.45) is 4.99 Å². The van der Waals surface area contributed by atoms with Crippen molar-refractivity contribution >= 4 is 22.8 Å². The van der Waals surface area contributed by atoms with E-state index < -0.39 is 0 Å². The molecule has 0 saturated carbocycles. The molecule has 1 heterocycles. The number of likely N-dealkylation sites (N-methyl/N-ethyl adjacent to an activating group) is 1. The van der Waals surface area contributed by atoms with E-state index in [4.69, 9.17) is 0 Å². The highest BCUT2D eigenvalue weighted by Crippen LogP contribution is 2.15. The summed E-state index contributed by atoms with van der Waals surface area (Å²) in [5, 5.41) is 7.75. The molecule has 0 saturated heterocycles. The lowest BCUT2D eigenvalue weighted by Gasteiger charge is -2.14. The number of fused-ring (bicyclic) bond motifs is 1. The van der Waals surface area contributed by atoms with Gasteiger partial charge in [-0.25, -0.2) is 4.99 Å². The number of guanidine groups is 1. The minimum atomic E-state index is -0.0276. The molecule has 140 valence electrons. The maximum Gasteiger partial charge on any atom is 0.243 e. The fourth-order valence-corrected chi connectivity index (χ4v) is 2.49. The van der Waals surface area contributed by atoms with E-state index in [-0.39, 0.29) is 12.5 Å². The van der Waals surface area contributed by atoms with E-state index in [0.29, 0.717) is 12.5 Å². The van der Waals surface area contributed by atoms with E-state index in [0.717, 1.165) is 25.1 Å². The molecule has 6 nitrogen and oxygen atoms in total. The molecular weight excluding hydrogens is 326 g/mol. The van der Waals surface area contributed by atoms with Gasteiger partial charge in [-0.05, 0) is 30.9 Å². The van der Waals surface area contributed by atoms with E-state index in [2.05, 4.69) is 63.3 Å². The minimum absolute atomic E-state index is 0.0276. The van der Waals surface area contributed by atoms with Gasteiger partial charge in [0.2, 0.25) is 5.91 Å². The lowest BCUT2D eigenvalue weighted by molar-refractivity contribution is -0.127. The molecule has 0 aliphatic heterocycles. The Labute approximate surface area is 155 Å². The number of aryl methyl sites for hydroxylation is 1. The highest BCUT2D eigenvalue weighted by Gasteiger charge is 2.05. The van der Waals surface area contributed by atoms with Crippen molar-refractivity contribution in [2.75, 3.05) is 33.7 Å². The number of hydrogen-bond donors (Lipinski definition) is 2. The largest absolute Gasteiger partial charge is 0.356 e. The van der Waals surface area contributed by atoms with Gasteiger partial charge in [0.15, 0.2) is 5.96 Å². The molecule has 6 heteroatoms. The van der Waals surface area contributed by atoms with Crippen LogP contribution in [0.2, 0.25) is 0 Å². The fraction of sp³-hybridized carbons (Fsp3) is 0.400. The maximum atomic E-state index is 11.7. The monoisotopic (exact) mass is 355 g/mol. The molecule has 0 aliphatic carbocycles. The average Bonchev–Trinajstić information content (AvgIpc) is 3.03. The van der Waals surface area contributed by atoms with Crippen molar-refractivity contribution in [2.45, 2.75) is 19.9 Å². The first kappa shape index (κ1) is 19.6. The van der Waals surface area contributed by atoms with Gasteiger partial charge in [-0.3, -0.25) is 4.79 Å². The van der Waals surface area contributed by atoms with E-state index in [1.165, 1.54) is 15.8 Å². The van der Waals surface area contributed by atoms with Crippen LogP contribution >= 0.6 is 0 Å². The molecule has 0 fully saturated rings. The number of benzene rings is 1. The molecule has 2 N–H and O–H groups in total. The van der Waals surface area contributed by atoms with Gasteiger partial charge < -0.3 is 20.1 Å². The summed E-state index contributed by atoms with van der Waals surface area (Å²) in [6.07, 6.45) is 3.07. The maximum absolute atomic E-state index is 11.7. The molecule has 1 aromatic carbocycles.